The summed E-state index contributed by atoms with van der Waals surface area (Å²) in [6.07, 6.45) is 0. The van der Waals surface area contributed by atoms with Gasteiger partial charge < -0.3 is 9.59 Å². The van der Waals surface area contributed by atoms with Gasteiger partial charge in [-0.15, -0.1) is 0 Å². The number of hydrogen-bond acceptors (Lipinski definition) is 1. The van der Waals surface area contributed by atoms with Crippen LogP contribution in [0.1, 0.15) is 0 Å². The van der Waals surface area contributed by atoms with Crippen LogP contribution in [0, 0.1) is 75.5 Å². The van der Waals surface area contributed by atoms with Crippen LogP contribution < -0.4 is 0 Å². The molecule has 0 aliphatic carbocycles. The van der Waals surface area contributed by atoms with Crippen molar-refractivity contribution < 1.29 is 89.6 Å². The van der Waals surface area contributed by atoms with Crippen molar-refractivity contribution in [1.29, 1.82) is 0 Å². The fourth-order valence-electron chi connectivity index (χ4n) is 0. The third-order valence-corrected chi connectivity index (χ3v) is 0. The molecule has 0 amide bonds. The Labute approximate surface area is 96.7 Å². The molecule has 0 aromatic carbocycles. The van der Waals surface area contributed by atoms with E-state index in [4.69, 9.17) is 14.1 Å². The Morgan fingerprint density at radius 3 is 1.33 bits per heavy atom. The monoisotopic (exact) mass is 375 g/mol. The molecule has 0 unspecified atom stereocenters. The first-order valence-electron chi connectivity index (χ1n) is 0.651. The van der Waals surface area contributed by atoms with Crippen LogP contribution in [0.3, 0.4) is 0 Å². The third kappa shape index (κ3) is 35.5. The van der Waals surface area contributed by atoms with Gasteiger partial charge in [0.25, 0.3) is 0 Å². The van der Waals surface area contributed by atoms with Crippen molar-refractivity contribution in [3.05, 3.63) is 0 Å². The molecule has 0 saturated heterocycles. The maximum Gasteiger partial charge on any atom is 0.761 e. The van der Waals surface area contributed by atoms with E-state index in [0.717, 1.165) is 0 Å². The van der Waals surface area contributed by atoms with Crippen molar-refractivity contribution >= 4 is 9.17 Å². The summed E-state index contributed by atoms with van der Waals surface area (Å²) in [5.41, 5.74) is 0. The van der Waals surface area contributed by atoms with E-state index in [-0.39, 0.29) is 75.5 Å². The van der Waals surface area contributed by atoms with Crippen LogP contribution in [-0.4, -0.2) is 18.8 Å². The van der Waals surface area contributed by atoms with Crippen molar-refractivity contribution in [2.45, 2.75) is 0 Å². The normalized spacial score (nSPS) is 4.00. The van der Waals surface area contributed by atoms with Crippen molar-refractivity contribution in [1.82, 2.24) is 0 Å². The second kappa shape index (κ2) is 10.2. The van der Waals surface area contributed by atoms with E-state index in [1.807, 2.05) is 0 Å². The zero-order valence-corrected chi connectivity index (χ0v) is 9.63. The summed E-state index contributed by atoms with van der Waals surface area (Å²) in [7, 11) is -3.13. The molecule has 0 spiro atoms. The van der Waals surface area contributed by atoms with E-state index in [0.29, 0.717) is 0 Å². The molecule has 0 rings (SSSR count). The van der Waals surface area contributed by atoms with Gasteiger partial charge in [0.05, 0.1) is 0 Å². The molecule has 0 aromatic heterocycles. The quantitative estimate of drug-likeness (QED) is 0.502. The predicted molar refractivity (Wildman–Crippen MR) is 10.9 cm³/mol. The molecule has 1 radical (unpaired) electrons. The van der Waals surface area contributed by atoms with Crippen LogP contribution in [0.2, 0.25) is 0 Å². The summed E-state index contributed by atoms with van der Waals surface area (Å²) in [5.74, 6) is 0. The SMILES string of the molecule is O=[Si](O)O.[Gd].[La]. The summed E-state index contributed by atoms with van der Waals surface area (Å²) in [4.78, 5) is 14.3. The average Bonchev–Trinajstić information content (AvgIpc) is 0.811. The van der Waals surface area contributed by atoms with Crippen molar-refractivity contribution in [3.8, 4) is 0 Å². The van der Waals surface area contributed by atoms with Gasteiger partial charge >= 0.3 is 9.17 Å². The Morgan fingerprint density at radius 1 is 1.33 bits per heavy atom. The van der Waals surface area contributed by atoms with Gasteiger partial charge in [-0.05, 0) is 0 Å². The first-order valence-corrected chi connectivity index (χ1v) is 1.95. The standard InChI is InChI=1S/Gd.La.H2O3Si/c;;1-4(2)3/h;;1-2H. The Bertz CT molecular complexity index is 33.8. The minimum Gasteiger partial charge on any atom is -0.511 e. The molecule has 3 nitrogen and oxygen atoms in total. The van der Waals surface area contributed by atoms with Crippen molar-refractivity contribution in [2.75, 3.05) is 0 Å². The van der Waals surface area contributed by atoms with Gasteiger partial charge in [0, 0.05) is 75.5 Å². The molecule has 0 aromatic rings. The van der Waals surface area contributed by atoms with E-state index in [9.17, 15) is 0 Å². The van der Waals surface area contributed by atoms with Crippen molar-refractivity contribution in [3.63, 3.8) is 0 Å². The molecule has 0 saturated carbocycles. The fraction of sp³-hybridized carbons (Fsp3) is 0. The molecular weight excluding hydrogens is 372 g/mol. The predicted octanol–water partition coefficient (Wildman–Crippen LogP) is -1.61. The largest absolute Gasteiger partial charge is 0.761 e. The topological polar surface area (TPSA) is 57.5 Å². The summed E-state index contributed by atoms with van der Waals surface area (Å²) >= 11 is 0. The van der Waals surface area contributed by atoms with E-state index in [1.165, 1.54) is 0 Å². The molecule has 0 atom stereocenters. The first-order chi connectivity index (χ1) is 1.73. The zero-order valence-electron chi connectivity index (χ0n) is 2.73. The molecule has 35 valence electrons. The molecule has 0 bridgehead atoms. The van der Waals surface area contributed by atoms with Gasteiger partial charge in [0.15, 0.2) is 0 Å². The first kappa shape index (κ1) is 15.7. The molecule has 6 heteroatoms. The van der Waals surface area contributed by atoms with E-state index < -0.39 is 9.17 Å². The van der Waals surface area contributed by atoms with E-state index in [1.54, 1.807) is 0 Å². The molecule has 0 aliphatic heterocycles. The Morgan fingerprint density at radius 2 is 1.33 bits per heavy atom. The van der Waals surface area contributed by atoms with Crippen LogP contribution in [-0.2, 0) is 4.46 Å². The van der Waals surface area contributed by atoms with Crippen LogP contribution in [0.25, 0.3) is 0 Å². The molecule has 2 N–H and O–H groups in total. The van der Waals surface area contributed by atoms with Gasteiger partial charge in [-0.25, -0.2) is 0 Å². The Hall–Kier alpha value is 2.14. The molecule has 6 heavy (non-hydrogen) atoms. The number of hydrogen-bond donors (Lipinski definition) is 2. The Kier molecular flexibility index (Phi) is 26.7. The molecule has 0 fully saturated rings. The maximum absolute atomic E-state index is 8.74. The van der Waals surface area contributed by atoms with Gasteiger partial charge in [0.2, 0.25) is 0 Å². The van der Waals surface area contributed by atoms with E-state index >= 15 is 0 Å². The number of rotatable bonds is 0. The van der Waals surface area contributed by atoms with E-state index in [2.05, 4.69) is 0 Å². The van der Waals surface area contributed by atoms with Gasteiger partial charge in [-0.2, -0.15) is 0 Å². The summed E-state index contributed by atoms with van der Waals surface area (Å²) < 4.78 is 8.74. The molecule has 0 heterocycles. The average molecular weight is 374 g/mol. The second-order valence-corrected chi connectivity index (χ2v) is 0.848. The van der Waals surface area contributed by atoms with Crippen molar-refractivity contribution in [2.24, 2.45) is 0 Å². The minimum atomic E-state index is -3.13. The van der Waals surface area contributed by atoms with Crippen LogP contribution in [0.15, 0.2) is 0 Å². The maximum atomic E-state index is 8.74. The van der Waals surface area contributed by atoms with Gasteiger partial charge in [0.1, 0.15) is 0 Å². The Balaban J connectivity index is -0.0000000450. The van der Waals surface area contributed by atoms with Gasteiger partial charge in [-0.1, -0.05) is 0 Å². The molecule has 0 aliphatic rings. The smallest absolute Gasteiger partial charge is 0.511 e. The van der Waals surface area contributed by atoms with Crippen LogP contribution >= 0.6 is 0 Å². The van der Waals surface area contributed by atoms with Crippen LogP contribution in [0.5, 0.6) is 0 Å². The fourth-order valence-corrected chi connectivity index (χ4v) is 0. The second-order valence-electron chi connectivity index (χ2n) is 0.283. The van der Waals surface area contributed by atoms with Crippen LogP contribution in [0.4, 0.5) is 0 Å². The minimum absolute atomic E-state index is 0. The molecular formula is H2GdLaO3Si. The third-order valence-electron chi connectivity index (χ3n) is 0. The summed E-state index contributed by atoms with van der Waals surface area (Å²) in [6.45, 7) is 0. The summed E-state index contributed by atoms with van der Waals surface area (Å²) in [6, 6.07) is 0. The van der Waals surface area contributed by atoms with Gasteiger partial charge in [-0.3, -0.25) is 4.46 Å². The zero-order chi connectivity index (χ0) is 3.58. The summed E-state index contributed by atoms with van der Waals surface area (Å²) in [5, 5.41) is 0.